The number of hydrogen-bond acceptors (Lipinski definition) is 8. The molecule has 0 aliphatic carbocycles. The molecule has 0 bridgehead atoms. The third kappa shape index (κ3) is 4.61. The molecule has 0 unspecified atom stereocenters. The van der Waals surface area contributed by atoms with Crippen molar-refractivity contribution in [1.29, 1.82) is 0 Å². The standard InChI is InChI=1S/C16H19NO8/c1-3-22-6-7-23-15-11-8-10(21-2)4-5-12(11)17-14(15)16(19)24-9-13(18)25-20/h4-5,8,17,20H,3,6-7,9H2,1-2H3. The van der Waals surface area contributed by atoms with Crippen LogP contribution < -0.4 is 9.47 Å². The molecular formula is C16H19NO8. The number of nitrogens with one attached hydrogen (secondary N) is 1. The molecule has 2 N–H and O–H groups in total. The Kier molecular flexibility index (Phi) is 6.61. The summed E-state index contributed by atoms with van der Waals surface area (Å²) in [7, 11) is 1.53. The second kappa shape index (κ2) is 8.90. The van der Waals surface area contributed by atoms with Gasteiger partial charge in [-0.3, -0.25) is 4.89 Å². The SMILES string of the molecule is CCOCCOc1c(C(=O)OCC(=O)OO)[nH]c2ccc(OC)cc12. The van der Waals surface area contributed by atoms with Crippen molar-refractivity contribution in [2.24, 2.45) is 0 Å². The van der Waals surface area contributed by atoms with Crippen LogP contribution in [0.1, 0.15) is 17.4 Å². The Morgan fingerprint density at radius 1 is 1.24 bits per heavy atom. The third-order valence-corrected chi connectivity index (χ3v) is 3.26. The van der Waals surface area contributed by atoms with Gasteiger partial charge in [0.2, 0.25) is 0 Å². The van der Waals surface area contributed by atoms with Crippen molar-refractivity contribution in [3.8, 4) is 11.5 Å². The fourth-order valence-corrected chi connectivity index (χ4v) is 2.14. The Morgan fingerprint density at radius 2 is 2.04 bits per heavy atom. The lowest BCUT2D eigenvalue weighted by molar-refractivity contribution is -0.236. The minimum atomic E-state index is -1.09. The second-order valence-electron chi connectivity index (χ2n) is 4.83. The van der Waals surface area contributed by atoms with Gasteiger partial charge in [-0.05, 0) is 25.1 Å². The van der Waals surface area contributed by atoms with E-state index in [1.165, 1.54) is 7.11 Å². The van der Waals surface area contributed by atoms with Gasteiger partial charge in [0, 0.05) is 12.0 Å². The summed E-state index contributed by atoms with van der Waals surface area (Å²) < 4.78 is 20.9. The van der Waals surface area contributed by atoms with Crippen LogP contribution in [0, 0.1) is 0 Å². The Hall–Kier alpha value is -2.78. The van der Waals surface area contributed by atoms with Gasteiger partial charge in [0.1, 0.15) is 12.4 Å². The largest absolute Gasteiger partial charge is 0.497 e. The van der Waals surface area contributed by atoms with Gasteiger partial charge in [-0.1, -0.05) is 0 Å². The first-order valence-corrected chi connectivity index (χ1v) is 7.52. The molecule has 1 heterocycles. The minimum absolute atomic E-state index is 0.0329. The first kappa shape index (κ1) is 18.6. The van der Waals surface area contributed by atoms with E-state index in [4.69, 9.17) is 24.2 Å². The minimum Gasteiger partial charge on any atom is -0.497 e. The summed E-state index contributed by atoms with van der Waals surface area (Å²) in [5.41, 5.74) is 0.661. The predicted molar refractivity (Wildman–Crippen MR) is 85.8 cm³/mol. The average molecular weight is 353 g/mol. The molecule has 0 atom stereocenters. The number of fused-ring (bicyclic) bond motifs is 1. The van der Waals surface area contributed by atoms with E-state index < -0.39 is 18.5 Å². The molecule has 1 aromatic carbocycles. The number of carbonyl (C=O) groups is 2. The lowest BCUT2D eigenvalue weighted by Crippen LogP contribution is -2.16. The molecule has 2 rings (SSSR count). The summed E-state index contributed by atoms with van der Waals surface area (Å²) in [6.07, 6.45) is 0. The molecule has 0 fully saturated rings. The smallest absolute Gasteiger partial charge is 0.379 e. The molecule has 0 aliphatic rings. The second-order valence-corrected chi connectivity index (χ2v) is 4.83. The van der Waals surface area contributed by atoms with Gasteiger partial charge in [0.05, 0.1) is 19.2 Å². The van der Waals surface area contributed by atoms with Crippen molar-refractivity contribution < 1.29 is 38.7 Å². The van der Waals surface area contributed by atoms with Gasteiger partial charge in [0.25, 0.3) is 0 Å². The van der Waals surface area contributed by atoms with Gasteiger partial charge < -0.3 is 23.9 Å². The zero-order chi connectivity index (χ0) is 18.2. The van der Waals surface area contributed by atoms with Crippen molar-refractivity contribution in [1.82, 2.24) is 4.98 Å². The van der Waals surface area contributed by atoms with Crippen LogP contribution in [0.3, 0.4) is 0 Å². The molecular weight excluding hydrogens is 334 g/mol. The van der Waals surface area contributed by atoms with E-state index >= 15 is 0 Å². The van der Waals surface area contributed by atoms with Crippen LogP contribution in [0.2, 0.25) is 0 Å². The van der Waals surface area contributed by atoms with Gasteiger partial charge in [-0.25, -0.2) is 9.59 Å². The van der Waals surface area contributed by atoms with Gasteiger partial charge in [-0.15, -0.1) is 0 Å². The molecule has 0 amide bonds. The maximum atomic E-state index is 12.2. The summed E-state index contributed by atoms with van der Waals surface area (Å²) in [6, 6.07) is 5.16. The van der Waals surface area contributed by atoms with Crippen molar-refractivity contribution in [3.05, 3.63) is 23.9 Å². The summed E-state index contributed by atoms with van der Waals surface area (Å²) in [5, 5.41) is 8.83. The van der Waals surface area contributed by atoms with Gasteiger partial charge >= 0.3 is 11.9 Å². The number of H-pyrrole nitrogens is 1. The molecule has 136 valence electrons. The number of methoxy groups -OCH3 is 1. The molecule has 0 saturated heterocycles. The number of benzene rings is 1. The highest BCUT2D eigenvalue weighted by molar-refractivity contribution is 6.01. The number of aromatic nitrogens is 1. The molecule has 9 nitrogen and oxygen atoms in total. The molecule has 25 heavy (non-hydrogen) atoms. The Balaban J connectivity index is 2.29. The Morgan fingerprint density at radius 3 is 2.72 bits per heavy atom. The van der Waals surface area contributed by atoms with Crippen molar-refractivity contribution in [3.63, 3.8) is 0 Å². The fourth-order valence-electron chi connectivity index (χ4n) is 2.14. The highest BCUT2D eigenvalue weighted by Crippen LogP contribution is 2.33. The molecule has 0 saturated carbocycles. The number of hydrogen-bond donors (Lipinski definition) is 2. The predicted octanol–water partition coefficient (Wildman–Crippen LogP) is 1.76. The highest BCUT2D eigenvalue weighted by atomic mass is 17.1. The number of aromatic amines is 1. The quantitative estimate of drug-likeness (QED) is 0.303. The number of esters is 1. The van der Waals surface area contributed by atoms with E-state index in [9.17, 15) is 9.59 Å². The summed E-state index contributed by atoms with van der Waals surface area (Å²) in [5.74, 6) is -1.07. The van der Waals surface area contributed by atoms with E-state index in [1.54, 1.807) is 18.2 Å². The van der Waals surface area contributed by atoms with Gasteiger partial charge in [-0.2, -0.15) is 5.26 Å². The van der Waals surface area contributed by atoms with E-state index in [0.717, 1.165) is 0 Å². The summed E-state index contributed by atoms with van der Waals surface area (Å²) in [6.45, 7) is 2.24. The van der Waals surface area contributed by atoms with Crippen molar-refractivity contribution in [2.75, 3.05) is 33.5 Å². The molecule has 2 aromatic rings. The maximum absolute atomic E-state index is 12.2. The van der Waals surface area contributed by atoms with Crippen LogP contribution in [-0.4, -0.2) is 55.7 Å². The highest BCUT2D eigenvalue weighted by Gasteiger charge is 2.22. The Labute approximate surface area is 143 Å². The summed E-state index contributed by atoms with van der Waals surface area (Å²) in [4.78, 5) is 29.5. The first-order valence-electron chi connectivity index (χ1n) is 7.52. The van der Waals surface area contributed by atoms with Crippen molar-refractivity contribution in [2.45, 2.75) is 6.92 Å². The van der Waals surface area contributed by atoms with E-state index in [0.29, 0.717) is 29.9 Å². The van der Waals surface area contributed by atoms with Gasteiger partial charge in [0.15, 0.2) is 18.1 Å². The first-order chi connectivity index (χ1) is 12.1. The van der Waals surface area contributed by atoms with E-state index in [2.05, 4.69) is 9.87 Å². The van der Waals surface area contributed by atoms with E-state index in [1.807, 2.05) is 6.92 Å². The third-order valence-electron chi connectivity index (χ3n) is 3.26. The van der Waals surface area contributed by atoms with Crippen molar-refractivity contribution >= 4 is 22.8 Å². The summed E-state index contributed by atoms with van der Waals surface area (Å²) >= 11 is 0. The number of carbonyl (C=O) groups excluding carboxylic acids is 2. The zero-order valence-electron chi connectivity index (χ0n) is 13.9. The molecule has 0 spiro atoms. The number of rotatable bonds is 9. The van der Waals surface area contributed by atoms with Crippen LogP contribution >= 0.6 is 0 Å². The van der Waals surface area contributed by atoms with Crippen LogP contribution in [0.25, 0.3) is 10.9 Å². The maximum Gasteiger partial charge on any atom is 0.379 e. The Bertz CT molecular complexity index is 739. The monoisotopic (exact) mass is 353 g/mol. The molecule has 0 aliphatic heterocycles. The molecule has 1 aromatic heterocycles. The normalized spacial score (nSPS) is 10.5. The van der Waals surface area contributed by atoms with Crippen LogP contribution in [-0.2, 0) is 19.2 Å². The van der Waals surface area contributed by atoms with Crippen LogP contribution in [0.5, 0.6) is 11.5 Å². The topological polar surface area (TPSA) is 116 Å². The lowest BCUT2D eigenvalue weighted by atomic mass is 10.2. The molecule has 9 heteroatoms. The molecule has 0 radical (unpaired) electrons. The van der Waals surface area contributed by atoms with Crippen LogP contribution in [0.15, 0.2) is 18.2 Å². The fraction of sp³-hybridized carbons (Fsp3) is 0.375. The van der Waals surface area contributed by atoms with Crippen LogP contribution in [0.4, 0.5) is 0 Å². The average Bonchev–Trinajstić information content (AvgIpc) is 3.00. The number of ether oxygens (including phenoxy) is 4. The van der Waals surface area contributed by atoms with E-state index in [-0.39, 0.29) is 18.1 Å². The lowest BCUT2D eigenvalue weighted by Gasteiger charge is -2.08. The zero-order valence-corrected chi connectivity index (χ0v) is 13.9.